The van der Waals surface area contributed by atoms with Gasteiger partial charge >= 0.3 is 0 Å². The molecule has 8 heteroatoms. The third kappa shape index (κ3) is 4.22. The number of ketones is 1. The second-order valence-electron chi connectivity index (χ2n) is 7.37. The molecule has 0 spiro atoms. The first-order valence-corrected chi connectivity index (χ1v) is 10.8. The summed E-state index contributed by atoms with van der Waals surface area (Å²) in [5.41, 5.74) is 1.08. The lowest BCUT2D eigenvalue weighted by Gasteiger charge is -2.27. The van der Waals surface area contributed by atoms with Gasteiger partial charge in [-0.05, 0) is 51.2 Å². The highest BCUT2D eigenvalue weighted by Gasteiger charge is 2.32. The molecule has 7 nitrogen and oxygen atoms in total. The number of benzene rings is 1. The topological polar surface area (TPSA) is 80.1 Å². The molecule has 2 aliphatic rings. The lowest BCUT2D eigenvalue weighted by Crippen LogP contribution is -2.32. The number of piperidine rings is 1. The zero-order valence-corrected chi connectivity index (χ0v) is 16.9. The van der Waals surface area contributed by atoms with Gasteiger partial charge in [0.15, 0.2) is 10.9 Å². The van der Waals surface area contributed by atoms with Gasteiger partial charge in [0, 0.05) is 24.7 Å². The van der Waals surface area contributed by atoms with E-state index in [2.05, 4.69) is 25.0 Å². The van der Waals surface area contributed by atoms with Crippen molar-refractivity contribution in [2.45, 2.75) is 50.2 Å². The normalized spacial score (nSPS) is 16.8. The van der Waals surface area contributed by atoms with E-state index in [1.165, 1.54) is 37.9 Å². The number of hydrogen-bond donors (Lipinski definition) is 1. The van der Waals surface area contributed by atoms with Gasteiger partial charge in [0.05, 0.1) is 11.4 Å². The molecule has 2 aromatic rings. The minimum absolute atomic E-state index is 0.0665. The summed E-state index contributed by atoms with van der Waals surface area (Å²) in [5.74, 6) is 0.968. The molecule has 1 aliphatic heterocycles. The van der Waals surface area contributed by atoms with E-state index in [9.17, 15) is 9.59 Å². The second-order valence-corrected chi connectivity index (χ2v) is 8.31. The van der Waals surface area contributed by atoms with Crippen LogP contribution in [0.2, 0.25) is 0 Å². The Morgan fingerprint density at radius 3 is 2.61 bits per heavy atom. The summed E-state index contributed by atoms with van der Waals surface area (Å²) >= 11 is 1.41. The number of Topliss-reactive ketones (excluding diaryl/α,β-unsaturated/α-hetero) is 1. The van der Waals surface area contributed by atoms with E-state index in [4.69, 9.17) is 0 Å². The van der Waals surface area contributed by atoms with Crippen molar-refractivity contribution in [3.05, 3.63) is 29.8 Å². The highest BCUT2D eigenvalue weighted by atomic mass is 32.2. The van der Waals surface area contributed by atoms with E-state index >= 15 is 0 Å². The Morgan fingerprint density at radius 2 is 1.89 bits per heavy atom. The van der Waals surface area contributed by atoms with Crippen LogP contribution in [0.15, 0.2) is 29.4 Å². The summed E-state index contributed by atoms with van der Waals surface area (Å²) in [4.78, 5) is 26.5. The number of carbonyl (C=O) groups is 2. The Kier molecular flexibility index (Phi) is 5.66. The average molecular weight is 400 g/mol. The molecule has 2 fully saturated rings. The number of nitrogens with one attached hydrogen (secondary N) is 1. The molecule has 1 amide bonds. The van der Waals surface area contributed by atoms with Crippen LogP contribution in [0.3, 0.4) is 0 Å². The van der Waals surface area contributed by atoms with Crippen molar-refractivity contribution < 1.29 is 9.59 Å². The minimum atomic E-state index is -0.149. The number of nitrogens with zero attached hydrogens (tertiary/aromatic N) is 4. The molecule has 1 aliphatic carbocycles. The maximum Gasteiger partial charge on any atom is 0.234 e. The van der Waals surface area contributed by atoms with Crippen LogP contribution >= 0.6 is 11.8 Å². The van der Waals surface area contributed by atoms with Crippen molar-refractivity contribution in [2.75, 3.05) is 29.1 Å². The van der Waals surface area contributed by atoms with Crippen LogP contribution in [0.5, 0.6) is 0 Å². The van der Waals surface area contributed by atoms with Gasteiger partial charge in [0.2, 0.25) is 11.9 Å². The molecule has 1 saturated heterocycles. The molecule has 4 rings (SSSR count). The smallest absolute Gasteiger partial charge is 0.234 e. The van der Waals surface area contributed by atoms with E-state index in [0.717, 1.165) is 37.0 Å². The Hall–Kier alpha value is -2.35. The number of amides is 1. The highest BCUT2D eigenvalue weighted by molar-refractivity contribution is 7.99. The molecule has 0 atom stereocenters. The lowest BCUT2D eigenvalue weighted by molar-refractivity contribution is -0.113. The summed E-state index contributed by atoms with van der Waals surface area (Å²) < 4.78 is 2.22. The van der Waals surface area contributed by atoms with Gasteiger partial charge in [0.1, 0.15) is 0 Å². The van der Waals surface area contributed by atoms with Gasteiger partial charge in [-0.25, -0.2) is 0 Å². The first-order valence-electron chi connectivity index (χ1n) is 9.86. The Balaban J connectivity index is 1.43. The molecular formula is C20H25N5O2S. The molecule has 0 bridgehead atoms. The van der Waals surface area contributed by atoms with E-state index in [1.54, 1.807) is 18.2 Å². The van der Waals surface area contributed by atoms with Crippen LogP contribution in [-0.2, 0) is 4.79 Å². The summed E-state index contributed by atoms with van der Waals surface area (Å²) in [7, 11) is 0. The lowest BCUT2D eigenvalue weighted by atomic mass is 10.1. The van der Waals surface area contributed by atoms with E-state index < -0.39 is 0 Å². The van der Waals surface area contributed by atoms with Crippen molar-refractivity contribution in [1.29, 1.82) is 0 Å². The number of para-hydroxylation sites is 1. The quantitative estimate of drug-likeness (QED) is 0.567. The second kappa shape index (κ2) is 8.34. The van der Waals surface area contributed by atoms with Gasteiger partial charge in [0.25, 0.3) is 0 Å². The maximum atomic E-state index is 12.5. The van der Waals surface area contributed by atoms with Gasteiger partial charge < -0.3 is 10.2 Å². The highest BCUT2D eigenvalue weighted by Crippen LogP contribution is 2.41. The fourth-order valence-corrected chi connectivity index (χ4v) is 4.35. The van der Waals surface area contributed by atoms with Crippen molar-refractivity contribution >= 4 is 35.1 Å². The molecule has 28 heavy (non-hydrogen) atoms. The van der Waals surface area contributed by atoms with Crippen LogP contribution in [0, 0.1) is 0 Å². The third-order valence-electron chi connectivity index (χ3n) is 5.11. The van der Waals surface area contributed by atoms with Crippen molar-refractivity contribution in [2.24, 2.45) is 0 Å². The van der Waals surface area contributed by atoms with Crippen LogP contribution < -0.4 is 10.2 Å². The van der Waals surface area contributed by atoms with Crippen molar-refractivity contribution in [1.82, 2.24) is 14.8 Å². The number of rotatable bonds is 7. The largest absolute Gasteiger partial charge is 0.341 e. The Bertz CT molecular complexity index is 871. The predicted octanol–water partition coefficient (Wildman–Crippen LogP) is 3.54. The minimum Gasteiger partial charge on any atom is -0.341 e. The molecule has 0 unspecified atom stereocenters. The summed E-state index contributed by atoms with van der Waals surface area (Å²) in [6.07, 6.45) is 5.95. The first kappa shape index (κ1) is 19.0. The number of aromatic nitrogens is 3. The Labute approximate surface area is 168 Å². The van der Waals surface area contributed by atoms with Gasteiger partial charge in [-0.15, -0.1) is 10.2 Å². The number of anilines is 2. The first-order chi connectivity index (χ1) is 13.6. The zero-order chi connectivity index (χ0) is 19.5. The van der Waals surface area contributed by atoms with Crippen LogP contribution in [0.25, 0.3) is 0 Å². The van der Waals surface area contributed by atoms with Crippen molar-refractivity contribution in [3.8, 4) is 0 Å². The standard InChI is InChI=1S/C20H25N5O2S/c1-14(26)16-7-3-4-8-17(16)21-18(27)13-28-20-23-22-19(25(20)15-9-10-15)24-11-5-2-6-12-24/h3-4,7-8,15H,2,5-6,9-13H2,1H3,(H,21,27). The SMILES string of the molecule is CC(=O)c1ccccc1NC(=O)CSc1nnc(N2CCCCC2)n1C1CC1. The van der Waals surface area contributed by atoms with E-state index in [0.29, 0.717) is 17.3 Å². The maximum absolute atomic E-state index is 12.5. The molecule has 1 saturated carbocycles. The van der Waals surface area contributed by atoms with Gasteiger partial charge in [-0.1, -0.05) is 23.9 Å². The van der Waals surface area contributed by atoms with Crippen molar-refractivity contribution in [3.63, 3.8) is 0 Å². The zero-order valence-electron chi connectivity index (χ0n) is 16.1. The molecule has 1 N–H and O–H groups in total. The molecule has 148 valence electrons. The third-order valence-corrected chi connectivity index (χ3v) is 6.05. The fraction of sp³-hybridized carbons (Fsp3) is 0.500. The molecule has 1 aromatic carbocycles. The Morgan fingerprint density at radius 1 is 1.14 bits per heavy atom. The monoisotopic (exact) mass is 399 g/mol. The number of hydrogen-bond acceptors (Lipinski definition) is 6. The van der Waals surface area contributed by atoms with Crippen LogP contribution in [0.4, 0.5) is 11.6 Å². The fourth-order valence-electron chi connectivity index (χ4n) is 3.55. The summed E-state index contributed by atoms with van der Waals surface area (Å²) in [6, 6.07) is 7.53. The predicted molar refractivity (Wildman–Crippen MR) is 110 cm³/mol. The molecular weight excluding hydrogens is 374 g/mol. The molecule has 1 aromatic heterocycles. The summed E-state index contributed by atoms with van der Waals surface area (Å²) in [6.45, 7) is 3.55. The average Bonchev–Trinajstić information content (AvgIpc) is 3.46. The summed E-state index contributed by atoms with van der Waals surface area (Å²) in [5, 5.41) is 12.5. The number of carbonyl (C=O) groups excluding carboxylic acids is 2. The number of thioether (sulfide) groups is 1. The van der Waals surface area contributed by atoms with E-state index in [-0.39, 0.29) is 17.4 Å². The van der Waals surface area contributed by atoms with Crippen LogP contribution in [0.1, 0.15) is 55.4 Å². The van der Waals surface area contributed by atoms with Gasteiger partial charge in [-0.2, -0.15) is 0 Å². The molecule has 2 heterocycles. The molecule has 0 radical (unpaired) electrons. The van der Waals surface area contributed by atoms with E-state index in [1.807, 2.05) is 6.07 Å². The van der Waals surface area contributed by atoms with Crippen LogP contribution in [-0.4, -0.2) is 45.3 Å². The van der Waals surface area contributed by atoms with Gasteiger partial charge in [-0.3, -0.25) is 14.2 Å².